The lowest BCUT2D eigenvalue weighted by Gasteiger charge is -2.33. The molecule has 0 aliphatic carbocycles. The molecule has 0 saturated carbocycles. The van der Waals surface area contributed by atoms with Crippen molar-refractivity contribution in [3.05, 3.63) is 12.0 Å². The number of piperidine rings is 1. The molecule has 3 rings (SSSR count). The third kappa shape index (κ3) is 4.55. The van der Waals surface area contributed by atoms with Gasteiger partial charge >= 0.3 is 0 Å². The highest BCUT2D eigenvalue weighted by Gasteiger charge is 2.28. The number of anilines is 1. The van der Waals surface area contributed by atoms with Crippen molar-refractivity contribution >= 4 is 22.8 Å². The van der Waals surface area contributed by atoms with E-state index >= 15 is 0 Å². The predicted octanol–water partition coefficient (Wildman–Crippen LogP) is 1.99. The molecule has 0 radical (unpaired) electrons. The van der Waals surface area contributed by atoms with Crippen LogP contribution in [0, 0.1) is 12.8 Å². The van der Waals surface area contributed by atoms with Gasteiger partial charge in [-0.3, -0.25) is 4.79 Å². The molecule has 1 aliphatic heterocycles. The van der Waals surface area contributed by atoms with Crippen molar-refractivity contribution in [2.45, 2.75) is 40.0 Å². The van der Waals surface area contributed by atoms with E-state index in [4.69, 9.17) is 4.52 Å². The van der Waals surface area contributed by atoms with Gasteiger partial charge in [0.05, 0.1) is 11.6 Å². The molecule has 0 unspecified atom stereocenters. The van der Waals surface area contributed by atoms with Gasteiger partial charge in [-0.1, -0.05) is 19.0 Å². The van der Waals surface area contributed by atoms with Crippen molar-refractivity contribution in [3.8, 4) is 0 Å². The number of hydrogen-bond donors (Lipinski definition) is 1. The molecule has 0 spiro atoms. The maximum atomic E-state index is 12.6. The average molecular weight is 374 g/mol. The van der Waals surface area contributed by atoms with E-state index in [1.807, 2.05) is 6.92 Å². The fourth-order valence-corrected chi connectivity index (χ4v) is 3.73. The Morgan fingerprint density at radius 3 is 2.96 bits per heavy atom. The molecule has 148 valence electrons. The molecule has 8 heteroatoms. The van der Waals surface area contributed by atoms with Gasteiger partial charge in [-0.2, -0.15) is 4.98 Å². The Hall–Kier alpha value is -2.22. The van der Waals surface area contributed by atoms with E-state index < -0.39 is 0 Å². The van der Waals surface area contributed by atoms with Crippen LogP contribution in [0.3, 0.4) is 0 Å². The molecule has 1 N–H and O–H groups in total. The van der Waals surface area contributed by atoms with Crippen molar-refractivity contribution in [2.24, 2.45) is 5.92 Å². The van der Waals surface area contributed by atoms with Crippen LogP contribution in [0.15, 0.2) is 10.9 Å². The molecule has 1 fully saturated rings. The van der Waals surface area contributed by atoms with Gasteiger partial charge in [0.25, 0.3) is 5.71 Å². The zero-order valence-corrected chi connectivity index (χ0v) is 16.6. The Morgan fingerprint density at radius 2 is 2.19 bits per heavy atom. The number of nitrogens with zero attached hydrogens (tertiary/aromatic N) is 5. The van der Waals surface area contributed by atoms with Gasteiger partial charge in [0.15, 0.2) is 0 Å². The highest BCUT2D eigenvalue weighted by Crippen LogP contribution is 2.29. The summed E-state index contributed by atoms with van der Waals surface area (Å²) in [5, 5.41) is 7.96. The highest BCUT2D eigenvalue weighted by atomic mass is 16.5. The summed E-state index contributed by atoms with van der Waals surface area (Å²) in [5.74, 6) is 0.946. The van der Waals surface area contributed by atoms with Crippen LogP contribution in [0.25, 0.3) is 11.1 Å². The predicted molar refractivity (Wildman–Crippen MR) is 105 cm³/mol. The summed E-state index contributed by atoms with van der Waals surface area (Å²) >= 11 is 0. The highest BCUT2D eigenvalue weighted by molar-refractivity contribution is 5.88. The molecular weight excluding hydrogens is 344 g/mol. The fraction of sp³-hybridized carbons (Fsp3) is 0.684. The molecular formula is C19H30N6O2. The minimum absolute atomic E-state index is 0.0163. The molecule has 1 atom stereocenters. The van der Waals surface area contributed by atoms with E-state index in [1.54, 1.807) is 0 Å². The number of carbonyl (C=O) groups excluding carboxylic acids is 1. The van der Waals surface area contributed by atoms with E-state index in [0.717, 1.165) is 68.9 Å². The Balaban J connectivity index is 1.57. The summed E-state index contributed by atoms with van der Waals surface area (Å²) < 4.78 is 5.25. The molecule has 27 heavy (non-hydrogen) atoms. The Bertz CT molecular complexity index is 758. The van der Waals surface area contributed by atoms with Gasteiger partial charge in [0.2, 0.25) is 5.91 Å². The van der Waals surface area contributed by atoms with E-state index in [0.29, 0.717) is 12.3 Å². The minimum atomic E-state index is -0.0163. The number of hydrogen-bond acceptors (Lipinski definition) is 7. The first-order chi connectivity index (χ1) is 13.1. The summed E-state index contributed by atoms with van der Waals surface area (Å²) in [6, 6.07) is 0. The van der Waals surface area contributed by atoms with Gasteiger partial charge in [0.1, 0.15) is 17.5 Å². The molecule has 8 nitrogen and oxygen atoms in total. The van der Waals surface area contributed by atoms with Gasteiger partial charge in [-0.25, -0.2) is 4.98 Å². The van der Waals surface area contributed by atoms with E-state index in [-0.39, 0.29) is 11.8 Å². The zero-order valence-electron chi connectivity index (χ0n) is 16.6. The fourth-order valence-electron chi connectivity index (χ4n) is 3.73. The standard InChI is InChI=1S/C19H30N6O2/c1-4-24(5-2)10-7-9-20-18(26)15-8-6-11-25(12-15)17-16-14(3)23-27-19(16)22-13-21-17/h13,15H,4-12H2,1-3H3,(H,20,26)/t15-/m1/s1. The SMILES string of the molecule is CCN(CC)CCCNC(=O)[C@@H]1CCCN(c2ncnc3onc(C)c23)C1. The van der Waals surface area contributed by atoms with Gasteiger partial charge in [0, 0.05) is 19.6 Å². The van der Waals surface area contributed by atoms with E-state index in [1.165, 1.54) is 6.33 Å². The molecule has 1 amide bonds. The molecule has 2 aromatic heterocycles. The van der Waals surface area contributed by atoms with Crippen molar-refractivity contribution in [2.75, 3.05) is 44.2 Å². The molecule has 1 saturated heterocycles. The molecule has 3 heterocycles. The molecule has 2 aromatic rings. The number of rotatable bonds is 8. The van der Waals surface area contributed by atoms with Crippen molar-refractivity contribution in [1.82, 2.24) is 25.3 Å². The van der Waals surface area contributed by atoms with Crippen LogP contribution in [0.2, 0.25) is 0 Å². The first-order valence-corrected chi connectivity index (χ1v) is 9.96. The van der Waals surface area contributed by atoms with Gasteiger partial charge < -0.3 is 19.6 Å². The minimum Gasteiger partial charge on any atom is -0.356 e. The van der Waals surface area contributed by atoms with Crippen molar-refractivity contribution < 1.29 is 9.32 Å². The second kappa shape index (κ2) is 9.12. The zero-order chi connectivity index (χ0) is 19.2. The molecule has 0 bridgehead atoms. The average Bonchev–Trinajstić information content (AvgIpc) is 3.09. The normalized spacial score (nSPS) is 17.6. The number of aromatic nitrogens is 3. The quantitative estimate of drug-likeness (QED) is 0.707. The van der Waals surface area contributed by atoms with Crippen molar-refractivity contribution in [1.29, 1.82) is 0 Å². The van der Waals surface area contributed by atoms with Crippen LogP contribution in [0.1, 0.15) is 38.8 Å². The summed E-state index contributed by atoms with van der Waals surface area (Å²) in [7, 11) is 0. The number of aryl methyl sites for hydroxylation is 1. The first-order valence-electron chi connectivity index (χ1n) is 9.96. The summed E-state index contributed by atoms with van der Waals surface area (Å²) in [5.41, 5.74) is 1.28. The van der Waals surface area contributed by atoms with E-state index in [9.17, 15) is 4.79 Å². The maximum Gasteiger partial charge on any atom is 0.263 e. The number of amides is 1. The Kier molecular flexibility index (Phi) is 6.60. The van der Waals surface area contributed by atoms with Crippen LogP contribution in [-0.4, -0.2) is 65.2 Å². The third-order valence-electron chi connectivity index (χ3n) is 5.36. The molecule has 1 aliphatic rings. The van der Waals surface area contributed by atoms with Crippen LogP contribution < -0.4 is 10.2 Å². The number of fused-ring (bicyclic) bond motifs is 1. The molecule has 0 aromatic carbocycles. The summed E-state index contributed by atoms with van der Waals surface area (Å²) in [6.07, 6.45) is 4.36. The third-order valence-corrected chi connectivity index (χ3v) is 5.36. The first kappa shape index (κ1) is 19.5. The Morgan fingerprint density at radius 1 is 1.37 bits per heavy atom. The van der Waals surface area contributed by atoms with Gasteiger partial charge in [-0.15, -0.1) is 0 Å². The lowest BCUT2D eigenvalue weighted by atomic mass is 9.97. The van der Waals surface area contributed by atoms with Gasteiger partial charge in [-0.05, 0) is 45.8 Å². The lowest BCUT2D eigenvalue weighted by molar-refractivity contribution is -0.125. The maximum absolute atomic E-state index is 12.6. The van der Waals surface area contributed by atoms with Crippen LogP contribution >= 0.6 is 0 Å². The largest absolute Gasteiger partial charge is 0.356 e. The number of nitrogens with one attached hydrogen (secondary N) is 1. The second-order valence-corrected chi connectivity index (χ2v) is 7.10. The van der Waals surface area contributed by atoms with Crippen LogP contribution in [0.4, 0.5) is 5.82 Å². The second-order valence-electron chi connectivity index (χ2n) is 7.10. The topological polar surface area (TPSA) is 87.4 Å². The Labute approximate surface area is 160 Å². The smallest absolute Gasteiger partial charge is 0.263 e. The monoisotopic (exact) mass is 374 g/mol. The van der Waals surface area contributed by atoms with Crippen LogP contribution in [0.5, 0.6) is 0 Å². The summed E-state index contributed by atoms with van der Waals surface area (Å²) in [6.45, 7) is 11.6. The van der Waals surface area contributed by atoms with Crippen molar-refractivity contribution in [3.63, 3.8) is 0 Å². The summed E-state index contributed by atoms with van der Waals surface area (Å²) in [4.78, 5) is 25.7. The number of carbonyl (C=O) groups is 1. The lowest BCUT2D eigenvalue weighted by Crippen LogP contribution is -2.44. The van der Waals surface area contributed by atoms with E-state index in [2.05, 4.69) is 44.1 Å². The van der Waals surface area contributed by atoms with Crippen LogP contribution in [-0.2, 0) is 4.79 Å².